The summed E-state index contributed by atoms with van der Waals surface area (Å²) in [6.45, 7) is 4.72. The first-order chi connectivity index (χ1) is 10.7. The molecule has 1 amide bonds. The summed E-state index contributed by atoms with van der Waals surface area (Å²) < 4.78 is 5.30. The van der Waals surface area contributed by atoms with Crippen molar-refractivity contribution in [3.63, 3.8) is 0 Å². The van der Waals surface area contributed by atoms with Crippen molar-refractivity contribution < 1.29 is 19.4 Å². The molecule has 0 spiro atoms. The lowest BCUT2D eigenvalue weighted by Crippen LogP contribution is -2.51. The molecular weight excluding hydrogens is 284 g/mol. The molecule has 1 heterocycles. The number of nitrogens with one attached hydrogen (secondary N) is 1. The van der Waals surface area contributed by atoms with E-state index >= 15 is 0 Å². The number of carboxylic acids is 1. The Balaban J connectivity index is 1.52. The topological polar surface area (TPSA) is 78.9 Å². The smallest absolute Gasteiger partial charge is 0.307 e. The van der Waals surface area contributed by atoms with E-state index in [1.165, 1.54) is 0 Å². The minimum atomic E-state index is -0.789. The van der Waals surface area contributed by atoms with Crippen LogP contribution in [0.25, 0.3) is 0 Å². The number of morpholine rings is 1. The number of aliphatic carboxylic acids is 1. The van der Waals surface area contributed by atoms with Gasteiger partial charge in [0.05, 0.1) is 25.0 Å². The average Bonchev–Trinajstić information content (AvgIpc) is 2.55. The van der Waals surface area contributed by atoms with Crippen LogP contribution < -0.4 is 5.32 Å². The van der Waals surface area contributed by atoms with Crippen molar-refractivity contribution in [1.29, 1.82) is 0 Å². The van der Waals surface area contributed by atoms with Crippen molar-refractivity contribution >= 4 is 11.9 Å². The number of carbonyl (C=O) groups is 2. The Labute approximate surface area is 131 Å². The quantitative estimate of drug-likeness (QED) is 0.776. The van der Waals surface area contributed by atoms with E-state index in [1.807, 2.05) is 0 Å². The minimum absolute atomic E-state index is 0.0462. The minimum Gasteiger partial charge on any atom is -0.481 e. The Morgan fingerprint density at radius 1 is 1.05 bits per heavy atom. The number of rotatable bonds is 5. The fourth-order valence-corrected chi connectivity index (χ4v) is 4.46. The van der Waals surface area contributed by atoms with Gasteiger partial charge in [-0.2, -0.15) is 0 Å². The molecule has 2 atom stereocenters. The van der Waals surface area contributed by atoms with Crippen molar-refractivity contribution in [3.05, 3.63) is 0 Å². The molecule has 4 rings (SSSR count). The van der Waals surface area contributed by atoms with E-state index in [4.69, 9.17) is 4.74 Å². The summed E-state index contributed by atoms with van der Waals surface area (Å²) in [5, 5.41) is 12.5. The molecule has 2 N–H and O–H groups in total. The summed E-state index contributed by atoms with van der Waals surface area (Å²) in [7, 11) is 0. The average molecular weight is 310 g/mol. The van der Waals surface area contributed by atoms with Crippen LogP contribution in [0.2, 0.25) is 0 Å². The number of amides is 1. The lowest BCUT2D eigenvalue weighted by Gasteiger charge is -2.45. The third kappa shape index (κ3) is 3.27. The molecular formula is C16H26N2O4. The van der Waals surface area contributed by atoms with Crippen molar-refractivity contribution in [2.24, 2.45) is 23.7 Å². The highest BCUT2D eigenvalue weighted by Crippen LogP contribution is 2.49. The molecule has 4 aliphatic rings. The number of fused-ring (bicyclic) bond motifs is 3. The maximum Gasteiger partial charge on any atom is 0.307 e. The normalized spacial score (nSPS) is 35.3. The predicted octanol–water partition coefficient (Wildman–Crippen LogP) is 0.572. The highest BCUT2D eigenvalue weighted by atomic mass is 16.5. The largest absolute Gasteiger partial charge is 0.481 e. The molecule has 124 valence electrons. The van der Waals surface area contributed by atoms with E-state index in [1.54, 1.807) is 0 Å². The Kier molecular flexibility index (Phi) is 4.98. The van der Waals surface area contributed by atoms with Gasteiger partial charge in [0.15, 0.2) is 0 Å². The van der Waals surface area contributed by atoms with Crippen LogP contribution in [0, 0.1) is 23.7 Å². The molecule has 3 saturated carbocycles. The summed E-state index contributed by atoms with van der Waals surface area (Å²) in [6.07, 6.45) is 3.96. The molecule has 3 aliphatic carbocycles. The first-order valence-electron chi connectivity index (χ1n) is 8.47. The van der Waals surface area contributed by atoms with Gasteiger partial charge in [-0.3, -0.25) is 14.5 Å². The standard InChI is InChI=1S/C16H26N2O4/c19-15(17-5-6-18-7-9-22-10-8-18)13-11-1-3-12(4-2-11)14(13)16(20)21/h11-14H,1-10H2,(H,17,19)(H,20,21)/t11?,12?,13-,14-/m0/s1. The predicted molar refractivity (Wildman–Crippen MR) is 80.3 cm³/mol. The molecule has 4 fully saturated rings. The second-order valence-electron chi connectivity index (χ2n) is 6.81. The van der Waals surface area contributed by atoms with Crippen molar-refractivity contribution in [1.82, 2.24) is 10.2 Å². The van der Waals surface area contributed by atoms with Gasteiger partial charge < -0.3 is 15.2 Å². The number of carbonyl (C=O) groups excluding carboxylic acids is 1. The van der Waals surface area contributed by atoms with E-state index in [2.05, 4.69) is 10.2 Å². The molecule has 0 unspecified atom stereocenters. The maximum atomic E-state index is 12.5. The zero-order valence-electron chi connectivity index (χ0n) is 13.0. The van der Waals surface area contributed by atoms with Crippen molar-refractivity contribution in [2.75, 3.05) is 39.4 Å². The van der Waals surface area contributed by atoms with Crippen LogP contribution in [0.1, 0.15) is 25.7 Å². The van der Waals surface area contributed by atoms with Crippen LogP contribution in [0.3, 0.4) is 0 Å². The van der Waals surface area contributed by atoms with Gasteiger partial charge in [0.25, 0.3) is 0 Å². The molecule has 1 saturated heterocycles. The lowest BCUT2D eigenvalue weighted by molar-refractivity contribution is -0.158. The number of hydrogen-bond acceptors (Lipinski definition) is 4. The molecule has 2 bridgehead atoms. The van der Waals surface area contributed by atoms with Gasteiger partial charge in [-0.05, 0) is 37.5 Å². The van der Waals surface area contributed by atoms with Crippen molar-refractivity contribution in [2.45, 2.75) is 25.7 Å². The second-order valence-corrected chi connectivity index (χ2v) is 6.81. The number of ether oxygens (including phenoxy) is 1. The van der Waals surface area contributed by atoms with E-state index in [9.17, 15) is 14.7 Å². The zero-order chi connectivity index (χ0) is 15.5. The molecule has 1 aliphatic heterocycles. The Hall–Kier alpha value is -1.14. The van der Waals surface area contributed by atoms with E-state index in [0.29, 0.717) is 6.54 Å². The van der Waals surface area contributed by atoms with Crippen LogP contribution in [0.4, 0.5) is 0 Å². The molecule has 22 heavy (non-hydrogen) atoms. The molecule has 0 radical (unpaired) electrons. The van der Waals surface area contributed by atoms with Crippen LogP contribution in [0.5, 0.6) is 0 Å². The van der Waals surface area contributed by atoms with E-state index in [-0.39, 0.29) is 23.7 Å². The number of carboxylic acid groups (broad SMARTS) is 1. The summed E-state index contributed by atoms with van der Waals surface area (Å²) in [4.78, 5) is 26.4. The first kappa shape index (κ1) is 15.7. The Morgan fingerprint density at radius 3 is 2.23 bits per heavy atom. The molecule has 0 aromatic rings. The van der Waals surface area contributed by atoms with Gasteiger partial charge in [-0.1, -0.05) is 0 Å². The number of nitrogens with zero attached hydrogens (tertiary/aromatic N) is 1. The monoisotopic (exact) mass is 310 g/mol. The highest BCUT2D eigenvalue weighted by Gasteiger charge is 2.50. The van der Waals surface area contributed by atoms with Gasteiger partial charge in [-0.15, -0.1) is 0 Å². The summed E-state index contributed by atoms with van der Waals surface area (Å²) in [6, 6.07) is 0. The third-order valence-electron chi connectivity index (χ3n) is 5.64. The third-order valence-corrected chi connectivity index (χ3v) is 5.64. The zero-order valence-corrected chi connectivity index (χ0v) is 13.0. The lowest BCUT2D eigenvalue weighted by atomic mass is 9.58. The number of hydrogen-bond donors (Lipinski definition) is 2. The van der Waals surface area contributed by atoms with Gasteiger partial charge in [0.2, 0.25) is 5.91 Å². The van der Waals surface area contributed by atoms with E-state index < -0.39 is 11.9 Å². The fraction of sp³-hybridized carbons (Fsp3) is 0.875. The second kappa shape index (κ2) is 6.96. The first-order valence-corrected chi connectivity index (χ1v) is 8.47. The van der Waals surface area contributed by atoms with Gasteiger partial charge >= 0.3 is 5.97 Å². The van der Waals surface area contributed by atoms with Gasteiger partial charge in [-0.25, -0.2) is 0 Å². The summed E-state index contributed by atoms with van der Waals surface area (Å²) >= 11 is 0. The van der Waals surface area contributed by atoms with Crippen molar-refractivity contribution in [3.8, 4) is 0 Å². The summed E-state index contributed by atoms with van der Waals surface area (Å²) in [5.41, 5.74) is 0. The molecule has 0 aromatic heterocycles. The Bertz CT molecular complexity index is 414. The van der Waals surface area contributed by atoms with Crippen LogP contribution in [-0.4, -0.2) is 61.3 Å². The molecule has 0 aromatic carbocycles. The van der Waals surface area contributed by atoms with E-state index in [0.717, 1.165) is 58.5 Å². The van der Waals surface area contributed by atoms with Crippen LogP contribution in [0.15, 0.2) is 0 Å². The summed E-state index contributed by atoms with van der Waals surface area (Å²) in [5.74, 6) is -1.18. The Morgan fingerprint density at radius 2 is 1.64 bits per heavy atom. The van der Waals surface area contributed by atoms with Crippen LogP contribution >= 0.6 is 0 Å². The highest BCUT2D eigenvalue weighted by molar-refractivity contribution is 5.85. The van der Waals surface area contributed by atoms with Crippen LogP contribution in [-0.2, 0) is 14.3 Å². The van der Waals surface area contributed by atoms with Gasteiger partial charge in [0.1, 0.15) is 0 Å². The van der Waals surface area contributed by atoms with Gasteiger partial charge in [0, 0.05) is 26.2 Å². The maximum absolute atomic E-state index is 12.5. The SMILES string of the molecule is O=C(O)[C@H]1C2CCC(CC2)[C@@H]1C(=O)NCCN1CCOCC1. The fourth-order valence-electron chi connectivity index (χ4n) is 4.46. The molecule has 6 heteroatoms. The molecule has 6 nitrogen and oxygen atoms in total.